The molecule has 1 aromatic rings. The molecule has 0 spiro atoms. The molecule has 0 radical (unpaired) electrons. The molecular formula is C16H20F3N. The van der Waals surface area contributed by atoms with Gasteiger partial charge in [-0.25, -0.2) is 0 Å². The summed E-state index contributed by atoms with van der Waals surface area (Å²) in [5.41, 5.74) is 1.23. The number of fused-ring (bicyclic) bond motifs is 1. The molecule has 0 bridgehead atoms. The monoisotopic (exact) mass is 283 g/mol. The van der Waals surface area contributed by atoms with Gasteiger partial charge in [-0.3, -0.25) is 0 Å². The number of alkyl halides is 3. The van der Waals surface area contributed by atoms with E-state index in [2.05, 4.69) is 5.32 Å². The maximum absolute atomic E-state index is 12.7. The van der Waals surface area contributed by atoms with Crippen LogP contribution in [0.5, 0.6) is 0 Å². The van der Waals surface area contributed by atoms with Gasteiger partial charge < -0.3 is 5.32 Å². The molecular weight excluding hydrogens is 263 g/mol. The number of halogens is 3. The average Bonchev–Trinajstić information content (AvgIpc) is 2.84. The molecule has 110 valence electrons. The summed E-state index contributed by atoms with van der Waals surface area (Å²) in [5.74, 6) is 0.779. The molecule has 0 amide bonds. The third-order valence-electron chi connectivity index (χ3n) is 4.87. The van der Waals surface area contributed by atoms with Gasteiger partial charge in [0.2, 0.25) is 0 Å². The van der Waals surface area contributed by atoms with Crippen LogP contribution in [0.4, 0.5) is 13.2 Å². The summed E-state index contributed by atoms with van der Waals surface area (Å²) < 4.78 is 38.1. The van der Waals surface area contributed by atoms with Crippen molar-refractivity contribution in [2.45, 2.75) is 57.3 Å². The Balaban J connectivity index is 1.80. The summed E-state index contributed by atoms with van der Waals surface area (Å²) in [7, 11) is 0. The van der Waals surface area contributed by atoms with Crippen molar-refractivity contribution in [3.05, 3.63) is 34.9 Å². The zero-order valence-electron chi connectivity index (χ0n) is 11.6. The van der Waals surface area contributed by atoms with Gasteiger partial charge in [0.1, 0.15) is 0 Å². The third kappa shape index (κ3) is 2.58. The predicted molar refractivity (Wildman–Crippen MR) is 72.4 cm³/mol. The van der Waals surface area contributed by atoms with E-state index in [9.17, 15) is 13.2 Å². The van der Waals surface area contributed by atoms with E-state index in [1.807, 2.05) is 0 Å². The molecule has 1 heterocycles. The summed E-state index contributed by atoms with van der Waals surface area (Å²) in [6, 6.07) is 4.93. The fourth-order valence-corrected chi connectivity index (χ4v) is 3.81. The summed E-state index contributed by atoms with van der Waals surface area (Å²) >= 11 is 0. The normalized spacial score (nSPS) is 30.3. The van der Waals surface area contributed by atoms with Crippen LogP contribution in [0.15, 0.2) is 18.2 Å². The van der Waals surface area contributed by atoms with Crippen LogP contribution in [0.2, 0.25) is 0 Å². The Morgan fingerprint density at radius 2 is 1.90 bits per heavy atom. The van der Waals surface area contributed by atoms with Crippen molar-refractivity contribution in [1.82, 2.24) is 5.32 Å². The van der Waals surface area contributed by atoms with Gasteiger partial charge in [0.25, 0.3) is 0 Å². The van der Waals surface area contributed by atoms with Crippen molar-refractivity contribution in [3.8, 4) is 0 Å². The maximum Gasteiger partial charge on any atom is 0.416 e. The molecule has 1 aliphatic heterocycles. The number of aryl methyl sites for hydroxylation is 1. The minimum Gasteiger partial charge on any atom is -0.307 e. The lowest BCUT2D eigenvalue weighted by Crippen LogP contribution is -2.40. The number of piperidine rings is 1. The summed E-state index contributed by atoms with van der Waals surface area (Å²) in [6.45, 7) is 1.78. The second-order valence-corrected chi connectivity index (χ2v) is 6.16. The predicted octanol–water partition coefficient (Wildman–Crippen LogP) is 4.61. The van der Waals surface area contributed by atoms with Crippen LogP contribution in [0.25, 0.3) is 0 Å². The van der Waals surface area contributed by atoms with Crippen molar-refractivity contribution in [1.29, 1.82) is 0 Å². The van der Waals surface area contributed by atoms with Gasteiger partial charge >= 0.3 is 6.18 Å². The molecule has 1 N–H and O–H groups in total. The lowest BCUT2D eigenvalue weighted by atomic mass is 9.85. The van der Waals surface area contributed by atoms with Gasteiger partial charge in [-0.1, -0.05) is 12.5 Å². The number of nitrogens with one attached hydrogen (secondary N) is 1. The maximum atomic E-state index is 12.7. The van der Waals surface area contributed by atoms with Crippen LogP contribution < -0.4 is 5.32 Å². The van der Waals surface area contributed by atoms with E-state index >= 15 is 0 Å². The van der Waals surface area contributed by atoms with Gasteiger partial charge in [0, 0.05) is 12.1 Å². The standard InChI is InChI=1S/C16H20F3N/c1-10-9-12(16(17,18)19)6-7-13(10)15-8-5-11-3-2-4-14(11)20-15/h6-7,9,11,14-15,20H,2-5,8H2,1H3. The topological polar surface area (TPSA) is 12.0 Å². The minimum atomic E-state index is -4.25. The van der Waals surface area contributed by atoms with E-state index in [1.165, 1.54) is 37.8 Å². The molecule has 0 aromatic heterocycles. The number of rotatable bonds is 1. The van der Waals surface area contributed by atoms with Crippen LogP contribution in [-0.2, 0) is 6.18 Å². The molecule has 1 nitrogen and oxygen atoms in total. The first-order chi connectivity index (χ1) is 9.45. The van der Waals surface area contributed by atoms with E-state index < -0.39 is 11.7 Å². The highest BCUT2D eigenvalue weighted by molar-refractivity contribution is 5.35. The van der Waals surface area contributed by atoms with Crippen molar-refractivity contribution in [2.75, 3.05) is 0 Å². The van der Waals surface area contributed by atoms with Crippen LogP contribution in [0.3, 0.4) is 0 Å². The highest BCUT2D eigenvalue weighted by atomic mass is 19.4. The summed E-state index contributed by atoms with van der Waals surface area (Å²) in [6.07, 6.45) is 1.77. The molecule has 1 aliphatic carbocycles. The molecule has 1 aromatic carbocycles. The van der Waals surface area contributed by atoms with Gasteiger partial charge in [-0.2, -0.15) is 13.2 Å². The van der Waals surface area contributed by atoms with Crippen LogP contribution >= 0.6 is 0 Å². The fraction of sp³-hybridized carbons (Fsp3) is 0.625. The zero-order valence-corrected chi connectivity index (χ0v) is 11.6. The molecule has 3 rings (SSSR count). The summed E-state index contributed by atoms with van der Waals surface area (Å²) in [4.78, 5) is 0. The van der Waals surface area contributed by atoms with Crippen LogP contribution in [0, 0.1) is 12.8 Å². The molecule has 4 heteroatoms. The Bertz CT molecular complexity index is 495. The van der Waals surface area contributed by atoms with Crippen molar-refractivity contribution in [2.24, 2.45) is 5.92 Å². The molecule has 2 aliphatic rings. The van der Waals surface area contributed by atoms with Crippen molar-refractivity contribution >= 4 is 0 Å². The lowest BCUT2D eigenvalue weighted by Gasteiger charge is -2.34. The first-order valence-electron chi connectivity index (χ1n) is 7.39. The Morgan fingerprint density at radius 1 is 1.10 bits per heavy atom. The third-order valence-corrected chi connectivity index (χ3v) is 4.87. The van der Waals surface area contributed by atoms with E-state index in [1.54, 1.807) is 13.0 Å². The molecule has 3 atom stereocenters. The fourth-order valence-electron chi connectivity index (χ4n) is 3.81. The van der Waals surface area contributed by atoms with Gasteiger partial charge in [-0.15, -0.1) is 0 Å². The Labute approximate surface area is 117 Å². The summed E-state index contributed by atoms with van der Waals surface area (Å²) in [5, 5.41) is 3.65. The highest BCUT2D eigenvalue weighted by Gasteiger charge is 2.35. The lowest BCUT2D eigenvalue weighted by molar-refractivity contribution is -0.137. The Kier molecular flexibility index (Phi) is 3.53. The van der Waals surface area contributed by atoms with Crippen molar-refractivity contribution in [3.63, 3.8) is 0 Å². The number of hydrogen-bond acceptors (Lipinski definition) is 1. The molecule has 20 heavy (non-hydrogen) atoms. The average molecular weight is 283 g/mol. The van der Waals surface area contributed by atoms with E-state index in [-0.39, 0.29) is 6.04 Å². The minimum absolute atomic E-state index is 0.219. The molecule has 3 unspecified atom stereocenters. The van der Waals surface area contributed by atoms with E-state index in [4.69, 9.17) is 0 Å². The SMILES string of the molecule is Cc1cc(C(F)(F)F)ccc1C1CCC2CCCC2N1. The van der Waals surface area contributed by atoms with Gasteiger partial charge in [0.15, 0.2) is 0 Å². The number of hydrogen-bond donors (Lipinski definition) is 1. The van der Waals surface area contributed by atoms with Crippen LogP contribution in [0.1, 0.15) is 54.8 Å². The van der Waals surface area contributed by atoms with Gasteiger partial charge in [0.05, 0.1) is 5.56 Å². The van der Waals surface area contributed by atoms with Crippen molar-refractivity contribution < 1.29 is 13.2 Å². The van der Waals surface area contributed by atoms with E-state index in [0.717, 1.165) is 23.5 Å². The van der Waals surface area contributed by atoms with E-state index in [0.29, 0.717) is 6.04 Å². The highest BCUT2D eigenvalue weighted by Crippen LogP contribution is 2.39. The second-order valence-electron chi connectivity index (χ2n) is 6.16. The Hall–Kier alpha value is -1.03. The zero-order chi connectivity index (χ0) is 14.3. The van der Waals surface area contributed by atoms with Crippen LogP contribution in [-0.4, -0.2) is 6.04 Å². The van der Waals surface area contributed by atoms with Gasteiger partial charge in [-0.05, 0) is 61.8 Å². The first-order valence-corrected chi connectivity index (χ1v) is 7.39. The Morgan fingerprint density at radius 3 is 2.60 bits per heavy atom. The second kappa shape index (κ2) is 5.06. The largest absolute Gasteiger partial charge is 0.416 e. The quantitative estimate of drug-likeness (QED) is 0.793. The number of benzene rings is 1. The molecule has 1 saturated carbocycles. The first kappa shape index (κ1) is 13.9. The molecule has 2 fully saturated rings. The smallest absolute Gasteiger partial charge is 0.307 e. The molecule has 1 saturated heterocycles.